The molecule has 20 heavy (non-hydrogen) atoms. The van der Waals surface area contributed by atoms with Crippen LogP contribution in [0.25, 0.3) is 11.3 Å². The average Bonchev–Trinajstić information content (AvgIpc) is 3.03. The van der Waals surface area contributed by atoms with Crippen LogP contribution < -0.4 is 10.6 Å². The second kappa shape index (κ2) is 5.44. The van der Waals surface area contributed by atoms with Gasteiger partial charge < -0.3 is 15.6 Å². The molecule has 0 atom stereocenters. The molecule has 0 aliphatic heterocycles. The molecule has 5 nitrogen and oxygen atoms in total. The van der Waals surface area contributed by atoms with Gasteiger partial charge in [0.2, 0.25) is 0 Å². The lowest BCUT2D eigenvalue weighted by atomic mass is 10.2. The summed E-state index contributed by atoms with van der Waals surface area (Å²) in [4.78, 5) is 3.00. The fourth-order valence-corrected chi connectivity index (χ4v) is 1.90. The number of H-pyrrole nitrogens is 1. The van der Waals surface area contributed by atoms with Gasteiger partial charge in [-0.25, -0.2) is 0 Å². The van der Waals surface area contributed by atoms with Gasteiger partial charge in [-0.2, -0.15) is 0 Å². The van der Waals surface area contributed by atoms with Crippen molar-refractivity contribution in [2.24, 2.45) is 0 Å². The Labute approximate surface area is 117 Å². The molecule has 0 saturated carbocycles. The zero-order valence-electron chi connectivity index (χ0n) is 11.1. The normalized spacial score (nSPS) is 10.2. The zero-order valence-corrected chi connectivity index (χ0v) is 11.1. The van der Waals surface area contributed by atoms with E-state index in [2.05, 4.69) is 25.8 Å². The Morgan fingerprint density at radius 3 is 2.30 bits per heavy atom. The first-order valence-electron chi connectivity index (χ1n) is 6.37. The molecule has 2 heterocycles. The van der Waals surface area contributed by atoms with Crippen LogP contribution in [0.15, 0.2) is 54.9 Å². The van der Waals surface area contributed by atoms with Crippen molar-refractivity contribution in [3.05, 3.63) is 54.9 Å². The van der Waals surface area contributed by atoms with Crippen LogP contribution in [0, 0.1) is 0 Å². The number of aromatic amines is 1. The van der Waals surface area contributed by atoms with Gasteiger partial charge in [0, 0.05) is 36.4 Å². The molecule has 0 bridgehead atoms. The van der Waals surface area contributed by atoms with Crippen LogP contribution in [-0.2, 0) is 0 Å². The summed E-state index contributed by atoms with van der Waals surface area (Å²) >= 11 is 0. The maximum Gasteiger partial charge on any atom is 0.153 e. The van der Waals surface area contributed by atoms with Gasteiger partial charge in [0.05, 0.1) is 5.69 Å². The predicted molar refractivity (Wildman–Crippen MR) is 81.1 cm³/mol. The van der Waals surface area contributed by atoms with Crippen molar-refractivity contribution in [2.75, 3.05) is 17.7 Å². The molecule has 3 aromatic rings. The molecule has 100 valence electrons. The number of rotatable bonds is 4. The van der Waals surface area contributed by atoms with Crippen molar-refractivity contribution in [3.8, 4) is 11.3 Å². The van der Waals surface area contributed by atoms with Gasteiger partial charge in [0.15, 0.2) is 5.82 Å². The van der Waals surface area contributed by atoms with Gasteiger partial charge in [-0.3, -0.25) is 0 Å². The zero-order chi connectivity index (χ0) is 13.8. The van der Waals surface area contributed by atoms with Gasteiger partial charge in [0.25, 0.3) is 0 Å². The van der Waals surface area contributed by atoms with Crippen LogP contribution in [0.5, 0.6) is 0 Å². The lowest BCUT2D eigenvalue weighted by molar-refractivity contribution is 1.04. The Bertz CT molecular complexity index is 656. The van der Waals surface area contributed by atoms with Crippen LogP contribution in [0.4, 0.5) is 17.2 Å². The number of aromatic nitrogens is 3. The van der Waals surface area contributed by atoms with Crippen LogP contribution in [0.1, 0.15) is 0 Å². The minimum absolute atomic E-state index is 0.724. The molecule has 0 saturated heterocycles. The number of benzene rings is 1. The van der Waals surface area contributed by atoms with E-state index in [-0.39, 0.29) is 0 Å². The summed E-state index contributed by atoms with van der Waals surface area (Å²) in [5.41, 5.74) is 3.93. The minimum atomic E-state index is 0.724. The molecular weight excluding hydrogens is 250 g/mol. The Morgan fingerprint density at radius 2 is 1.70 bits per heavy atom. The van der Waals surface area contributed by atoms with E-state index in [9.17, 15) is 0 Å². The van der Waals surface area contributed by atoms with E-state index in [0.717, 1.165) is 28.5 Å². The summed E-state index contributed by atoms with van der Waals surface area (Å²) in [5.74, 6) is 0.724. The Hall–Kier alpha value is -2.82. The molecular formula is C15H15N5. The second-order valence-electron chi connectivity index (χ2n) is 4.36. The molecule has 3 N–H and O–H groups in total. The highest BCUT2D eigenvalue weighted by molar-refractivity contribution is 5.62. The van der Waals surface area contributed by atoms with E-state index in [1.807, 2.05) is 61.9 Å². The summed E-state index contributed by atoms with van der Waals surface area (Å²) in [6.45, 7) is 0. The van der Waals surface area contributed by atoms with Gasteiger partial charge in [0.1, 0.15) is 0 Å². The van der Waals surface area contributed by atoms with Crippen molar-refractivity contribution in [1.29, 1.82) is 0 Å². The molecule has 5 heteroatoms. The maximum atomic E-state index is 4.21. The topological polar surface area (TPSA) is 65.6 Å². The molecule has 0 aliphatic rings. The maximum absolute atomic E-state index is 4.21. The second-order valence-corrected chi connectivity index (χ2v) is 4.36. The SMILES string of the molecule is CNc1ccc(Nc2ccc(-c3cc[nH]c3)nn2)cc1. The van der Waals surface area contributed by atoms with Crippen LogP contribution >= 0.6 is 0 Å². The summed E-state index contributed by atoms with van der Waals surface area (Å²) in [5, 5.41) is 14.7. The van der Waals surface area contributed by atoms with Crippen LogP contribution in [0.3, 0.4) is 0 Å². The molecule has 0 unspecified atom stereocenters. The Balaban J connectivity index is 1.74. The number of hydrogen-bond donors (Lipinski definition) is 3. The minimum Gasteiger partial charge on any atom is -0.388 e. The smallest absolute Gasteiger partial charge is 0.153 e. The monoisotopic (exact) mass is 265 g/mol. The standard InChI is InChI=1S/C15H15N5/c1-16-12-2-4-13(5-3-12)18-15-7-6-14(19-20-15)11-8-9-17-10-11/h2-10,16-17H,1H3,(H,18,20). The molecule has 2 aromatic heterocycles. The van der Waals surface area contributed by atoms with E-state index in [1.165, 1.54) is 0 Å². The fourth-order valence-electron chi connectivity index (χ4n) is 1.90. The third kappa shape index (κ3) is 2.61. The molecule has 0 amide bonds. The Kier molecular flexibility index (Phi) is 3.33. The third-order valence-electron chi connectivity index (χ3n) is 3.00. The average molecular weight is 265 g/mol. The van der Waals surface area contributed by atoms with Crippen molar-refractivity contribution in [2.45, 2.75) is 0 Å². The van der Waals surface area contributed by atoms with E-state index in [0.29, 0.717) is 0 Å². The molecule has 0 aliphatic carbocycles. The number of hydrogen-bond acceptors (Lipinski definition) is 4. The van der Waals surface area contributed by atoms with E-state index >= 15 is 0 Å². The summed E-state index contributed by atoms with van der Waals surface area (Å²) in [6, 6.07) is 13.8. The van der Waals surface area contributed by atoms with Gasteiger partial charge in [-0.15, -0.1) is 10.2 Å². The highest BCUT2D eigenvalue weighted by Gasteiger charge is 2.01. The number of nitrogens with one attached hydrogen (secondary N) is 3. The van der Waals surface area contributed by atoms with Gasteiger partial charge >= 0.3 is 0 Å². The lowest BCUT2D eigenvalue weighted by Crippen LogP contribution is -1.96. The first-order valence-corrected chi connectivity index (χ1v) is 6.37. The number of nitrogens with zero attached hydrogens (tertiary/aromatic N) is 2. The predicted octanol–water partition coefficient (Wildman–Crippen LogP) is 3.26. The largest absolute Gasteiger partial charge is 0.388 e. The van der Waals surface area contributed by atoms with Crippen LogP contribution in [0.2, 0.25) is 0 Å². The van der Waals surface area contributed by atoms with Crippen molar-refractivity contribution in [3.63, 3.8) is 0 Å². The fraction of sp³-hybridized carbons (Fsp3) is 0.0667. The van der Waals surface area contributed by atoms with E-state index in [1.54, 1.807) is 0 Å². The Morgan fingerprint density at radius 1 is 0.900 bits per heavy atom. The van der Waals surface area contributed by atoms with Crippen molar-refractivity contribution >= 4 is 17.2 Å². The first-order chi connectivity index (χ1) is 9.85. The van der Waals surface area contributed by atoms with Gasteiger partial charge in [-0.1, -0.05) is 0 Å². The molecule has 0 radical (unpaired) electrons. The first kappa shape index (κ1) is 12.2. The summed E-state index contributed by atoms with van der Waals surface area (Å²) in [7, 11) is 1.90. The highest BCUT2D eigenvalue weighted by atomic mass is 15.2. The quantitative estimate of drug-likeness (QED) is 0.677. The highest BCUT2D eigenvalue weighted by Crippen LogP contribution is 2.19. The molecule has 1 aromatic carbocycles. The number of anilines is 3. The molecule has 3 rings (SSSR count). The van der Waals surface area contributed by atoms with Crippen LogP contribution in [-0.4, -0.2) is 22.2 Å². The molecule has 0 fully saturated rings. The van der Waals surface area contributed by atoms with Crippen molar-refractivity contribution in [1.82, 2.24) is 15.2 Å². The summed E-state index contributed by atoms with van der Waals surface area (Å²) in [6.07, 6.45) is 3.76. The van der Waals surface area contributed by atoms with Crippen molar-refractivity contribution < 1.29 is 0 Å². The van der Waals surface area contributed by atoms with E-state index in [4.69, 9.17) is 0 Å². The third-order valence-corrected chi connectivity index (χ3v) is 3.00. The summed E-state index contributed by atoms with van der Waals surface area (Å²) < 4.78 is 0. The molecule has 0 spiro atoms. The lowest BCUT2D eigenvalue weighted by Gasteiger charge is -2.06. The van der Waals surface area contributed by atoms with Gasteiger partial charge in [-0.05, 0) is 42.5 Å². The van der Waals surface area contributed by atoms with E-state index < -0.39 is 0 Å².